The Morgan fingerprint density at radius 3 is 2.60 bits per heavy atom. The number of pyridine rings is 2. The van der Waals surface area contributed by atoms with E-state index in [-0.39, 0.29) is 32.6 Å². The van der Waals surface area contributed by atoms with Crippen molar-refractivity contribution in [3.8, 4) is 11.4 Å². The monoisotopic (exact) mass is 454 g/mol. The summed E-state index contributed by atoms with van der Waals surface area (Å²) in [6.45, 7) is 1.50. The topological polar surface area (TPSA) is 77.7 Å². The first-order chi connectivity index (χ1) is 14.0. The molecule has 11 heteroatoms. The normalized spacial score (nSPS) is 12.7. The van der Waals surface area contributed by atoms with Crippen molar-refractivity contribution in [2.45, 2.75) is 18.0 Å². The van der Waals surface area contributed by atoms with Crippen LogP contribution in [0.3, 0.4) is 0 Å². The maximum atomic E-state index is 13.0. The van der Waals surface area contributed by atoms with Crippen LogP contribution < -0.4 is 0 Å². The molecule has 4 rings (SSSR count). The maximum absolute atomic E-state index is 13.0. The van der Waals surface area contributed by atoms with Crippen molar-refractivity contribution in [1.29, 1.82) is 0 Å². The zero-order valence-corrected chi connectivity index (χ0v) is 17.3. The van der Waals surface area contributed by atoms with E-state index in [0.29, 0.717) is 16.4 Å². The number of halogens is 4. The van der Waals surface area contributed by atoms with Gasteiger partial charge in [0.25, 0.3) is 0 Å². The van der Waals surface area contributed by atoms with Crippen LogP contribution in [0.2, 0.25) is 5.02 Å². The van der Waals surface area contributed by atoms with E-state index in [9.17, 15) is 21.6 Å². The third kappa shape index (κ3) is 3.20. The lowest BCUT2D eigenvalue weighted by Gasteiger charge is -2.14. The molecule has 0 spiro atoms. The van der Waals surface area contributed by atoms with Crippen LogP contribution in [-0.2, 0) is 23.1 Å². The molecule has 156 valence electrons. The van der Waals surface area contributed by atoms with Gasteiger partial charge in [0.1, 0.15) is 11.5 Å². The summed E-state index contributed by atoms with van der Waals surface area (Å²) in [6, 6.07) is 5.44. The Morgan fingerprint density at radius 1 is 1.20 bits per heavy atom. The predicted molar refractivity (Wildman–Crippen MR) is 107 cm³/mol. The van der Waals surface area contributed by atoms with E-state index in [1.165, 1.54) is 23.8 Å². The molecular weight excluding hydrogens is 441 g/mol. The quantitative estimate of drug-likeness (QED) is 0.450. The molecule has 0 bridgehead atoms. The second kappa shape index (κ2) is 6.92. The molecule has 30 heavy (non-hydrogen) atoms. The molecule has 0 fully saturated rings. The highest BCUT2D eigenvalue weighted by Crippen LogP contribution is 2.38. The van der Waals surface area contributed by atoms with Crippen LogP contribution in [0.25, 0.3) is 33.3 Å². The molecule has 0 radical (unpaired) electrons. The number of imidazole rings is 1. The van der Waals surface area contributed by atoms with Gasteiger partial charge in [-0.1, -0.05) is 18.5 Å². The van der Waals surface area contributed by atoms with E-state index in [4.69, 9.17) is 11.6 Å². The van der Waals surface area contributed by atoms with Gasteiger partial charge in [-0.2, -0.15) is 13.2 Å². The second-order valence-corrected chi connectivity index (χ2v) is 9.21. The molecule has 3 heterocycles. The molecular formula is C19H14ClF3N4O2S. The third-order valence-corrected chi connectivity index (χ3v) is 6.89. The van der Waals surface area contributed by atoms with Crippen molar-refractivity contribution in [2.24, 2.45) is 7.05 Å². The SMILES string of the molecule is CCS(=O)(=O)c1c(-c2nc3cc(C(F)(F)F)ncc3n2C)cc(Cl)c2ncccc12. The van der Waals surface area contributed by atoms with Gasteiger partial charge in [-0.3, -0.25) is 4.98 Å². The van der Waals surface area contributed by atoms with Gasteiger partial charge < -0.3 is 4.57 Å². The first-order valence-corrected chi connectivity index (χ1v) is 10.8. The minimum absolute atomic E-state index is 0.0140. The number of fused-ring (bicyclic) bond motifs is 2. The van der Waals surface area contributed by atoms with Crippen LogP contribution in [0.1, 0.15) is 12.6 Å². The van der Waals surface area contributed by atoms with Crippen molar-refractivity contribution in [3.05, 3.63) is 47.4 Å². The molecule has 4 aromatic rings. The average molecular weight is 455 g/mol. The van der Waals surface area contributed by atoms with Crippen LogP contribution in [0.15, 0.2) is 41.6 Å². The molecule has 0 saturated heterocycles. The number of aromatic nitrogens is 4. The van der Waals surface area contributed by atoms with E-state index < -0.39 is 21.7 Å². The molecule has 0 N–H and O–H groups in total. The van der Waals surface area contributed by atoms with Gasteiger partial charge in [0, 0.05) is 24.2 Å². The van der Waals surface area contributed by atoms with E-state index in [2.05, 4.69) is 15.0 Å². The lowest BCUT2D eigenvalue weighted by atomic mass is 10.1. The van der Waals surface area contributed by atoms with Gasteiger partial charge in [0.2, 0.25) is 0 Å². The summed E-state index contributed by atoms with van der Waals surface area (Å²) in [5.74, 6) is -0.0270. The van der Waals surface area contributed by atoms with E-state index in [1.54, 1.807) is 19.2 Å². The lowest BCUT2D eigenvalue weighted by molar-refractivity contribution is -0.141. The third-order valence-electron chi connectivity index (χ3n) is 4.78. The highest BCUT2D eigenvalue weighted by atomic mass is 35.5. The van der Waals surface area contributed by atoms with Crippen molar-refractivity contribution in [3.63, 3.8) is 0 Å². The van der Waals surface area contributed by atoms with Gasteiger partial charge in [0.15, 0.2) is 9.84 Å². The largest absolute Gasteiger partial charge is 0.433 e. The molecule has 0 unspecified atom stereocenters. The number of nitrogens with zero attached hydrogens (tertiary/aromatic N) is 4. The average Bonchev–Trinajstić information content (AvgIpc) is 3.03. The highest BCUT2D eigenvalue weighted by molar-refractivity contribution is 7.91. The van der Waals surface area contributed by atoms with Gasteiger partial charge in [-0.05, 0) is 24.3 Å². The molecule has 0 amide bonds. The summed E-state index contributed by atoms with van der Waals surface area (Å²) in [7, 11) is -2.18. The Labute approximate surface area is 174 Å². The minimum atomic E-state index is -4.62. The Balaban J connectivity index is 2.10. The fraction of sp³-hybridized carbons (Fsp3) is 0.211. The number of rotatable bonds is 3. The number of hydrogen-bond acceptors (Lipinski definition) is 5. The highest BCUT2D eigenvalue weighted by Gasteiger charge is 2.33. The zero-order valence-electron chi connectivity index (χ0n) is 15.7. The van der Waals surface area contributed by atoms with Crippen molar-refractivity contribution in [1.82, 2.24) is 19.5 Å². The molecule has 0 aliphatic carbocycles. The molecule has 6 nitrogen and oxygen atoms in total. The lowest BCUT2D eigenvalue weighted by Crippen LogP contribution is -2.09. The number of aryl methyl sites for hydroxylation is 1. The number of hydrogen-bond donors (Lipinski definition) is 0. The summed E-state index contributed by atoms with van der Waals surface area (Å²) in [4.78, 5) is 11.9. The Bertz CT molecular complexity index is 1420. The maximum Gasteiger partial charge on any atom is 0.433 e. The second-order valence-electron chi connectivity index (χ2n) is 6.59. The van der Waals surface area contributed by atoms with Crippen LogP contribution in [0.5, 0.6) is 0 Å². The van der Waals surface area contributed by atoms with Crippen molar-refractivity contribution >= 4 is 43.4 Å². The number of sulfone groups is 1. The number of alkyl halides is 3. The molecule has 0 aliphatic rings. The van der Waals surface area contributed by atoms with Crippen LogP contribution in [-0.4, -0.2) is 33.7 Å². The minimum Gasteiger partial charge on any atom is -0.326 e. The fourth-order valence-corrected chi connectivity index (χ4v) is 4.85. The molecule has 0 saturated carbocycles. The van der Waals surface area contributed by atoms with Gasteiger partial charge >= 0.3 is 6.18 Å². The molecule has 1 aromatic carbocycles. The van der Waals surface area contributed by atoms with E-state index in [1.807, 2.05) is 0 Å². The molecule has 0 atom stereocenters. The standard InChI is InChI=1S/C19H14ClF3N4O2S/c1-3-30(28,29)17-10-5-4-6-24-16(10)12(20)7-11(17)18-26-13-8-15(19(21,22)23)25-9-14(13)27(18)2/h4-9H,3H2,1-2H3. The summed E-state index contributed by atoms with van der Waals surface area (Å²) in [6.07, 6.45) is -2.07. The summed E-state index contributed by atoms with van der Waals surface area (Å²) in [5, 5.41) is 0.528. The summed E-state index contributed by atoms with van der Waals surface area (Å²) < 4.78 is 66.5. The Morgan fingerprint density at radius 2 is 1.93 bits per heavy atom. The van der Waals surface area contributed by atoms with Crippen LogP contribution in [0, 0.1) is 0 Å². The smallest absolute Gasteiger partial charge is 0.326 e. The Kier molecular flexibility index (Phi) is 4.74. The molecule has 0 aliphatic heterocycles. The Hall–Kier alpha value is -2.72. The number of benzene rings is 1. The van der Waals surface area contributed by atoms with Gasteiger partial charge in [-0.15, -0.1) is 0 Å². The van der Waals surface area contributed by atoms with Crippen molar-refractivity contribution in [2.75, 3.05) is 5.75 Å². The van der Waals surface area contributed by atoms with Crippen molar-refractivity contribution < 1.29 is 21.6 Å². The van der Waals surface area contributed by atoms with Crippen LogP contribution >= 0.6 is 11.6 Å². The van der Waals surface area contributed by atoms with Gasteiger partial charge in [0.05, 0.1) is 38.4 Å². The van der Waals surface area contributed by atoms with Gasteiger partial charge in [-0.25, -0.2) is 18.4 Å². The molecule has 3 aromatic heterocycles. The van der Waals surface area contributed by atoms with Crippen LogP contribution in [0.4, 0.5) is 13.2 Å². The zero-order chi connectivity index (χ0) is 21.8. The summed E-state index contributed by atoms with van der Waals surface area (Å²) >= 11 is 6.36. The van der Waals surface area contributed by atoms with E-state index in [0.717, 1.165) is 12.3 Å². The fourth-order valence-electron chi connectivity index (χ4n) is 3.31. The summed E-state index contributed by atoms with van der Waals surface area (Å²) in [5.41, 5.74) is -0.219. The van der Waals surface area contributed by atoms with E-state index >= 15 is 0 Å². The first-order valence-electron chi connectivity index (χ1n) is 8.74. The first kappa shape index (κ1) is 20.5. The predicted octanol–water partition coefficient (Wildman–Crippen LogP) is 4.65.